The third-order valence-electron chi connectivity index (χ3n) is 2.59. The van der Waals surface area contributed by atoms with Gasteiger partial charge in [0.25, 0.3) is 0 Å². The molecule has 0 aliphatic carbocycles. The highest BCUT2D eigenvalue weighted by atomic mass is 32.2. The minimum atomic E-state index is -3.80. The Bertz CT molecular complexity index is 791. The summed E-state index contributed by atoms with van der Waals surface area (Å²) in [6.45, 7) is 1.80. The number of carbonyl (C=O) groups is 1. The van der Waals surface area contributed by atoms with Gasteiger partial charge in [-0.25, -0.2) is 13.6 Å². The van der Waals surface area contributed by atoms with Gasteiger partial charge in [0.1, 0.15) is 11.5 Å². The van der Waals surface area contributed by atoms with E-state index in [9.17, 15) is 13.2 Å². The molecule has 2 aromatic rings. The number of rotatable bonds is 4. The molecule has 0 spiro atoms. The number of amides is 1. The molecule has 0 bridgehead atoms. The normalized spacial score (nSPS) is 11.7. The molecular weight excluding hydrogens is 292 g/mol. The number of anilines is 1. The lowest BCUT2D eigenvalue weighted by Crippen LogP contribution is -2.13. The summed E-state index contributed by atoms with van der Waals surface area (Å²) in [6.07, 6.45) is 2.81. The lowest BCUT2D eigenvalue weighted by atomic mass is 10.3. The Balaban J connectivity index is 2.08. The summed E-state index contributed by atoms with van der Waals surface area (Å²) in [6, 6.07) is 9.23. The minimum absolute atomic E-state index is 0.0639. The van der Waals surface area contributed by atoms with Crippen molar-refractivity contribution in [2.45, 2.75) is 11.8 Å². The van der Waals surface area contributed by atoms with Crippen LogP contribution in [0.4, 0.5) is 5.69 Å². The van der Waals surface area contributed by atoms with Crippen LogP contribution in [0, 0.1) is 6.92 Å². The van der Waals surface area contributed by atoms with Gasteiger partial charge in [0, 0.05) is 11.8 Å². The van der Waals surface area contributed by atoms with Crippen molar-refractivity contribution in [3.05, 3.63) is 54.0 Å². The molecular formula is C14H14N2O4S. The average molecular weight is 306 g/mol. The first-order valence-electron chi connectivity index (χ1n) is 6.03. The van der Waals surface area contributed by atoms with Crippen LogP contribution < -0.4 is 10.5 Å². The smallest absolute Gasteiger partial charge is 0.248 e. The van der Waals surface area contributed by atoms with Crippen molar-refractivity contribution < 1.29 is 17.6 Å². The molecule has 0 unspecified atom stereocenters. The summed E-state index contributed by atoms with van der Waals surface area (Å²) >= 11 is 0. The highest BCUT2D eigenvalue weighted by Crippen LogP contribution is 2.14. The van der Waals surface area contributed by atoms with Gasteiger partial charge in [0.2, 0.25) is 15.9 Å². The van der Waals surface area contributed by atoms with Crippen molar-refractivity contribution in [3.63, 3.8) is 0 Å². The van der Waals surface area contributed by atoms with Gasteiger partial charge < -0.3 is 9.73 Å². The Labute approximate surface area is 122 Å². The van der Waals surface area contributed by atoms with Crippen molar-refractivity contribution >= 4 is 27.7 Å². The second kappa shape index (κ2) is 5.94. The Kier molecular flexibility index (Phi) is 4.25. The van der Waals surface area contributed by atoms with Crippen LogP contribution in [0.1, 0.15) is 11.5 Å². The Morgan fingerprint density at radius 1 is 1.29 bits per heavy atom. The van der Waals surface area contributed by atoms with Crippen LogP contribution in [0.25, 0.3) is 6.08 Å². The summed E-state index contributed by atoms with van der Waals surface area (Å²) in [5.74, 6) is 0.896. The SMILES string of the molecule is Cc1ccc(/C=C/C(=O)Nc2cccc(S(N)(=O)=O)c2)o1. The number of benzene rings is 1. The molecule has 6 nitrogen and oxygen atoms in total. The number of furan rings is 1. The third kappa shape index (κ3) is 4.30. The first-order valence-corrected chi connectivity index (χ1v) is 7.57. The van der Waals surface area contributed by atoms with Gasteiger partial charge in [0.05, 0.1) is 4.90 Å². The number of aryl methyl sites for hydroxylation is 1. The summed E-state index contributed by atoms with van der Waals surface area (Å²) < 4.78 is 27.7. The third-order valence-corrected chi connectivity index (χ3v) is 3.50. The Morgan fingerprint density at radius 3 is 2.67 bits per heavy atom. The number of sulfonamides is 1. The van der Waals surface area contributed by atoms with Crippen molar-refractivity contribution in [3.8, 4) is 0 Å². The second-order valence-electron chi connectivity index (χ2n) is 4.34. The maximum atomic E-state index is 11.7. The van der Waals surface area contributed by atoms with E-state index in [2.05, 4.69) is 5.32 Å². The molecule has 0 saturated carbocycles. The van der Waals surface area contributed by atoms with Gasteiger partial charge in [-0.2, -0.15) is 0 Å². The molecule has 7 heteroatoms. The van der Waals surface area contributed by atoms with Crippen molar-refractivity contribution in [2.24, 2.45) is 5.14 Å². The van der Waals surface area contributed by atoms with Gasteiger partial charge in [0.15, 0.2) is 0 Å². The van der Waals surface area contributed by atoms with E-state index in [0.29, 0.717) is 11.4 Å². The average Bonchev–Trinajstić information content (AvgIpc) is 2.82. The topological polar surface area (TPSA) is 102 Å². The minimum Gasteiger partial charge on any atom is -0.462 e. The van der Waals surface area contributed by atoms with Crippen LogP contribution in [0.2, 0.25) is 0 Å². The number of carbonyl (C=O) groups excluding carboxylic acids is 1. The standard InChI is InChI=1S/C14H14N2O4S/c1-10-5-6-12(20-10)7-8-14(17)16-11-3-2-4-13(9-11)21(15,18)19/h2-9H,1H3,(H,16,17)(H2,15,18,19)/b8-7+. The molecule has 1 amide bonds. The predicted octanol–water partition coefficient (Wildman–Crippen LogP) is 1.89. The van der Waals surface area contributed by atoms with E-state index in [-0.39, 0.29) is 4.90 Å². The second-order valence-corrected chi connectivity index (χ2v) is 5.91. The Morgan fingerprint density at radius 2 is 2.05 bits per heavy atom. The quantitative estimate of drug-likeness (QED) is 0.842. The summed E-state index contributed by atoms with van der Waals surface area (Å²) in [5.41, 5.74) is 0.340. The first-order chi connectivity index (χ1) is 9.84. The molecule has 0 aliphatic rings. The molecule has 21 heavy (non-hydrogen) atoms. The zero-order valence-electron chi connectivity index (χ0n) is 11.2. The molecule has 1 heterocycles. The van der Waals surface area contributed by atoms with Crippen LogP contribution in [-0.2, 0) is 14.8 Å². The Hall–Kier alpha value is -2.38. The van der Waals surface area contributed by atoms with E-state index in [1.54, 1.807) is 25.1 Å². The zero-order chi connectivity index (χ0) is 15.5. The molecule has 110 valence electrons. The number of hydrogen-bond acceptors (Lipinski definition) is 4. The molecule has 1 aromatic heterocycles. The number of nitrogens with one attached hydrogen (secondary N) is 1. The van der Waals surface area contributed by atoms with Gasteiger partial charge in [-0.3, -0.25) is 4.79 Å². The molecule has 1 aromatic carbocycles. The largest absolute Gasteiger partial charge is 0.462 e. The van der Waals surface area contributed by atoms with E-state index >= 15 is 0 Å². The fourth-order valence-corrected chi connectivity index (χ4v) is 2.20. The molecule has 0 aliphatic heterocycles. The summed E-state index contributed by atoms with van der Waals surface area (Å²) in [5, 5.41) is 7.57. The van der Waals surface area contributed by atoms with E-state index in [0.717, 1.165) is 5.76 Å². The van der Waals surface area contributed by atoms with Crippen LogP contribution in [0.5, 0.6) is 0 Å². The molecule has 2 rings (SSSR count). The van der Waals surface area contributed by atoms with Gasteiger partial charge in [-0.05, 0) is 43.3 Å². The zero-order valence-corrected chi connectivity index (χ0v) is 12.1. The van der Waals surface area contributed by atoms with Crippen LogP contribution in [0.15, 0.2) is 51.8 Å². The maximum Gasteiger partial charge on any atom is 0.248 e. The van der Waals surface area contributed by atoms with E-state index in [1.807, 2.05) is 0 Å². The highest BCUT2D eigenvalue weighted by Gasteiger charge is 2.08. The molecule has 0 radical (unpaired) electrons. The van der Waals surface area contributed by atoms with Crippen LogP contribution in [0.3, 0.4) is 0 Å². The number of hydrogen-bond donors (Lipinski definition) is 2. The monoisotopic (exact) mass is 306 g/mol. The molecule has 0 atom stereocenters. The fourth-order valence-electron chi connectivity index (χ4n) is 1.64. The molecule has 3 N–H and O–H groups in total. The van der Waals surface area contributed by atoms with E-state index in [4.69, 9.17) is 9.56 Å². The lowest BCUT2D eigenvalue weighted by Gasteiger charge is -2.04. The van der Waals surface area contributed by atoms with Gasteiger partial charge in [-0.1, -0.05) is 6.07 Å². The predicted molar refractivity (Wildman–Crippen MR) is 78.9 cm³/mol. The molecule has 0 fully saturated rings. The van der Waals surface area contributed by atoms with Crippen LogP contribution in [-0.4, -0.2) is 14.3 Å². The molecule has 0 saturated heterocycles. The van der Waals surface area contributed by atoms with Gasteiger partial charge in [-0.15, -0.1) is 0 Å². The number of nitrogens with two attached hydrogens (primary N) is 1. The lowest BCUT2D eigenvalue weighted by molar-refractivity contribution is -0.111. The van der Waals surface area contributed by atoms with Crippen molar-refractivity contribution in [1.29, 1.82) is 0 Å². The van der Waals surface area contributed by atoms with E-state index in [1.165, 1.54) is 30.4 Å². The van der Waals surface area contributed by atoms with Crippen molar-refractivity contribution in [1.82, 2.24) is 0 Å². The maximum absolute atomic E-state index is 11.7. The van der Waals surface area contributed by atoms with E-state index < -0.39 is 15.9 Å². The first kappa shape index (κ1) is 15.0. The number of primary sulfonamides is 1. The van der Waals surface area contributed by atoms with Gasteiger partial charge >= 0.3 is 0 Å². The van der Waals surface area contributed by atoms with Crippen molar-refractivity contribution in [2.75, 3.05) is 5.32 Å². The summed E-state index contributed by atoms with van der Waals surface area (Å²) in [4.78, 5) is 11.7. The highest BCUT2D eigenvalue weighted by molar-refractivity contribution is 7.89. The summed E-state index contributed by atoms with van der Waals surface area (Å²) in [7, 11) is -3.80. The van der Waals surface area contributed by atoms with Crippen LogP contribution >= 0.6 is 0 Å². The fraction of sp³-hybridized carbons (Fsp3) is 0.0714.